The van der Waals surface area contributed by atoms with E-state index in [-0.39, 0.29) is 11.4 Å². The van der Waals surface area contributed by atoms with Gasteiger partial charge in [0.2, 0.25) is 5.91 Å². The van der Waals surface area contributed by atoms with E-state index in [1.807, 2.05) is 26.4 Å². The molecule has 130 valence electrons. The van der Waals surface area contributed by atoms with E-state index in [1.165, 1.54) is 12.8 Å². The summed E-state index contributed by atoms with van der Waals surface area (Å²) in [5.41, 5.74) is 1.89. The van der Waals surface area contributed by atoms with Crippen molar-refractivity contribution in [1.82, 2.24) is 20.1 Å². The van der Waals surface area contributed by atoms with Gasteiger partial charge in [-0.15, -0.1) is 11.3 Å². The molecule has 0 aliphatic heterocycles. The highest BCUT2D eigenvalue weighted by Crippen LogP contribution is 2.37. The van der Waals surface area contributed by atoms with Gasteiger partial charge in [-0.2, -0.15) is 5.10 Å². The Bertz CT molecular complexity index is 683. The molecule has 0 aromatic carbocycles. The molecule has 5 nitrogen and oxygen atoms in total. The zero-order chi connectivity index (χ0) is 17.0. The first-order valence-corrected chi connectivity index (χ1v) is 9.66. The molecule has 1 fully saturated rings. The SMILES string of the molecule is Cc1csc(C2(NC(=O)CCc3cnn(C)c3)CCCCCC2)n1. The third kappa shape index (κ3) is 4.04. The number of nitrogens with zero attached hydrogens (tertiary/aromatic N) is 3. The fourth-order valence-electron chi connectivity index (χ4n) is 3.49. The molecule has 2 heterocycles. The Morgan fingerprint density at radius 1 is 1.33 bits per heavy atom. The van der Waals surface area contributed by atoms with Crippen LogP contribution < -0.4 is 5.32 Å². The van der Waals surface area contributed by atoms with Crippen molar-refractivity contribution < 1.29 is 4.79 Å². The predicted octanol–water partition coefficient (Wildman–Crippen LogP) is 3.48. The molecule has 24 heavy (non-hydrogen) atoms. The average Bonchev–Trinajstić information content (AvgIpc) is 3.10. The van der Waals surface area contributed by atoms with Gasteiger partial charge >= 0.3 is 0 Å². The summed E-state index contributed by atoms with van der Waals surface area (Å²) in [6, 6.07) is 0. The Morgan fingerprint density at radius 2 is 2.08 bits per heavy atom. The van der Waals surface area contributed by atoms with Crippen molar-refractivity contribution in [3.8, 4) is 0 Å². The number of nitrogens with one attached hydrogen (secondary N) is 1. The lowest BCUT2D eigenvalue weighted by Crippen LogP contribution is -2.45. The number of amides is 1. The third-order valence-electron chi connectivity index (χ3n) is 4.76. The molecule has 0 saturated heterocycles. The van der Waals surface area contributed by atoms with E-state index in [0.29, 0.717) is 6.42 Å². The molecule has 1 amide bonds. The zero-order valence-electron chi connectivity index (χ0n) is 14.5. The van der Waals surface area contributed by atoms with Crippen molar-refractivity contribution in [3.63, 3.8) is 0 Å². The smallest absolute Gasteiger partial charge is 0.221 e. The molecule has 0 radical (unpaired) electrons. The summed E-state index contributed by atoms with van der Waals surface area (Å²) in [5.74, 6) is 0.119. The minimum Gasteiger partial charge on any atom is -0.344 e. The van der Waals surface area contributed by atoms with Gasteiger partial charge in [0.15, 0.2) is 0 Å². The monoisotopic (exact) mass is 346 g/mol. The van der Waals surface area contributed by atoms with E-state index >= 15 is 0 Å². The Hall–Kier alpha value is -1.69. The zero-order valence-corrected chi connectivity index (χ0v) is 15.4. The molecule has 0 atom stereocenters. The van der Waals surface area contributed by atoms with Crippen molar-refractivity contribution >= 4 is 17.2 Å². The average molecular weight is 347 g/mol. The van der Waals surface area contributed by atoms with E-state index in [0.717, 1.165) is 48.4 Å². The van der Waals surface area contributed by atoms with Crippen LogP contribution in [0.2, 0.25) is 0 Å². The first kappa shape index (κ1) is 17.1. The molecule has 2 aromatic heterocycles. The summed E-state index contributed by atoms with van der Waals surface area (Å²) in [7, 11) is 1.90. The first-order chi connectivity index (χ1) is 11.6. The highest BCUT2D eigenvalue weighted by Gasteiger charge is 2.36. The molecule has 3 rings (SSSR count). The highest BCUT2D eigenvalue weighted by atomic mass is 32.1. The maximum Gasteiger partial charge on any atom is 0.221 e. The van der Waals surface area contributed by atoms with Crippen molar-refractivity contribution in [2.75, 3.05) is 0 Å². The first-order valence-electron chi connectivity index (χ1n) is 8.79. The second-order valence-electron chi connectivity index (χ2n) is 6.86. The second-order valence-corrected chi connectivity index (χ2v) is 7.72. The van der Waals surface area contributed by atoms with Gasteiger partial charge in [0.05, 0.1) is 11.7 Å². The quantitative estimate of drug-likeness (QED) is 0.843. The van der Waals surface area contributed by atoms with Crippen LogP contribution in [0.4, 0.5) is 0 Å². The number of carbonyl (C=O) groups excluding carboxylic acids is 1. The molecule has 6 heteroatoms. The van der Waals surface area contributed by atoms with E-state index in [9.17, 15) is 4.79 Å². The van der Waals surface area contributed by atoms with Crippen molar-refractivity contribution in [3.05, 3.63) is 34.0 Å². The molecule has 2 aromatic rings. The molecular weight excluding hydrogens is 320 g/mol. The highest BCUT2D eigenvalue weighted by molar-refractivity contribution is 7.09. The maximum atomic E-state index is 12.6. The summed E-state index contributed by atoms with van der Waals surface area (Å²) in [5, 5.41) is 10.7. The molecule has 1 aliphatic rings. The van der Waals surface area contributed by atoms with E-state index in [1.54, 1.807) is 16.0 Å². The van der Waals surface area contributed by atoms with Crippen LogP contribution in [0.5, 0.6) is 0 Å². The van der Waals surface area contributed by atoms with Crippen LogP contribution >= 0.6 is 11.3 Å². The van der Waals surface area contributed by atoms with E-state index in [4.69, 9.17) is 4.98 Å². The molecule has 1 aliphatic carbocycles. The predicted molar refractivity (Wildman–Crippen MR) is 95.9 cm³/mol. The van der Waals surface area contributed by atoms with Gasteiger partial charge in [-0.1, -0.05) is 25.7 Å². The van der Waals surface area contributed by atoms with Crippen LogP contribution in [-0.4, -0.2) is 20.7 Å². The normalized spacial score (nSPS) is 17.4. The van der Waals surface area contributed by atoms with Gasteiger partial charge in [0.1, 0.15) is 5.01 Å². The Labute approximate surface area is 147 Å². The number of aromatic nitrogens is 3. The van der Waals surface area contributed by atoms with Crippen LogP contribution in [0, 0.1) is 6.92 Å². The summed E-state index contributed by atoms with van der Waals surface area (Å²) in [6.45, 7) is 2.02. The molecule has 1 saturated carbocycles. The minimum atomic E-state index is -0.262. The van der Waals surface area contributed by atoms with Crippen LogP contribution in [0.3, 0.4) is 0 Å². The number of hydrogen-bond donors (Lipinski definition) is 1. The van der Waals surface area contributed by atoms with Crippen molar-refractivity contribution in [2.24, 2.45) is 7.05 Å². The van der Waals surface area contributed by atoms with Crippen LogP contribution in [0.1, 0.15) is 61.2 Å². The standard InChI is InChI=1S/C18H26N4OS/c1-14-13-24-17(20-14)18(9-5-3-4-6-10-18)21-16(23)8-7-15-11-19-22(2)12-15/h11-13H,3-10H2,1-2H3,(H,21,23). The summed E-state index contributed by atoms with van der Waals surface area (Å²) in [4.78, 5) is 17.3. The van der Waals surface area contributed by atoms with E-state index in [2.05, 4.69) is 15.8 Å². The molecular formula is C18H26N4OS. The summed E-state index contributed by atoms with van der Waals surface area (Å²) in [6.07, 6.45) is 11.8. The Kier molecular flexibility index (Phi) is 5.33. The van der Waals surface area contributed by atoms with Crippen LogP contribution in [0.15, 0.2) is 17.8 Å². The van der Waals surface area contributed by atoms with Crippen molar-refractivity contribution in [2.45, 2.75) is 63.8 Å². The molecule has 0 bridgehead atoms. The topological polar surface area (TPSA) is 59.8 Å². The van der Waals surface area contributed by atoms with Gasteiger partial charge < -0.3 is 5.32 Å². The van der Waals surface area contributed by atoms with Crippen molar-refractivity contribution in [1.29, 1.82) is 0 Å². The second kappa shape index (κ2) is 7.47. The Balaban J connectivity index is 1.70. The lowest BCUT2D eigenvalue weighted by molar-refractivity contribution is -0.123. The summed E-state index contributed by atoms with van der Waals surface area (Å²) < 4.78 is 1.78. The van der Waals surface area contributed by atoms with Gasteiger partial charge in [-0.25, -0.2) is 4.98 Å². The van der Waals surface area contributed by atoms with E-state index < -0.39 is 0 Å². The largest absolute Gasteiger partial charge is 0.344 e. The third-order valence-corrected chi connectivity index (χ3v) is 5.93. The fourth-order valence-corrected chi connectivity index (χ4v) is 4.50. The van der Waals surface area contributed by atoms with Gasteiger partial charge in [0, 0.05) is 30.7 Å². The maximum absolute atomic E-state index is 12.6. The molecule has 0 unspecified atom stereocenters. The number of aryl methyl sites for hydroxylation is 3. The molecule has 1 N–H and O–H groups in total. The van der Waals surface area contributed by atoms with Gasteiger partial charge in [-0.3, -0.25) is 9.48 Å². The van der Waals surface area contributed by atoms with Crippen LogP contribution in [-0.2, 0) is 23.8 Å². The fraction of sp³-hybridized carbons (Fsp3) is 0.611. The van der Waals surface area contributed by atoms with Crippen LogP contribution in [0.25, 0.3) is 0 Å². The lowest BCUT2D eigenvalue weighted by atomic mass is 9.90. The number of hydrogen-bond acceptors (Lipinski definition) is 4. The van der Waals surface area contributed by atoms with Gasteiger partial charge in [-0.05, 0) is 31.7 Å². The molecule has 0 spiro atoms. The number of carbonyl (C=O) groups is 1. The number of thiazole rings is 1. The van der Waals surface area contributed by atoms with Gasteiger partial charge in [0.25, 0.3) is 0 Å². The minimum absolute atomic E-state index is 0.119. The Morgan fingerprint density at radius 3 is 2.67 bits per heavy atom. The lowest BCUT2D eigenvalue weighted by Gasteiger charge is -2.32. The number of rotatable bonds is 5. The summed E-state index contributed by atoms with van der Waals surface area (Å²) >= 11 is 1.68.